The average Bonchev–Trinajstić information content (AvgIpc) is 2.15. The third kappa shape index (κ3) is 3.05. The summed E-state index contributed by atoms with van der Waals surface area (Å²) < 4.78 is 0. The van der Waals surface area contributed by atoms with Gasteiger partial charge in [-0.1, -0.05) is 32.0 Å². The normalized spacial score (nSPS) is 10.4. The van der Waals surface area contributed by atoms with Gasteiger partial charge in [0.15, 0.2) is 0 Å². The zero-order chi connectivity index (χ0) is 10.6. The standard InChI is InChI=1S/C10H16BNO2/c1-8(2)7-12-10-6-4-3-5-9(10)11(13)14/h3-6,8,12-14H,7H2,1-2H3. The van der Waals surface area contributed by atoms with Crippen molar-refractivity contribution < 1.29 is 10.0 Å². The van der Waals surface area contributed by atoms with Gasteiger partial charge in [-0.25, -0.2) is 0 Å². The number of nitrogens with one attached hydrogen (secondary N) is 1. The first-order chi connectivity index (χ1) is 6.61. The molecule has 1 aromatic rings. The Balaban J connectivity index is 2.74. The average molecular weight is 193 g/mol. The van der Waals surface area contributed by atoms with Crippen molar-refractivity contribution in [2.75, 3.05) is 11.9 Å². The van der Waals surface area contributed by atoms with Crippen molar-refractivity contribution in [3.63, 3.8) is 0 Å². The highest BCUT2D eigenvalue weighted by Gasteiger charge is 2.14. The number of para-hydroxylation sites is 1. The first-order valence-electron chi connectivity index (χ1n) is 4.80. The van der Waals surface area contributed by atoms with Crippen molar-refractivity contribution >= 4 is 18.3 Å². The van der Waals surface area contributed by atoms with Gasteiger partial charge >= 0.3 is 7.12 Å². The number of rotatable bonds is 4. The van der Waals surface area contributed by atoms with Gasteiger partial charge in [0.2, 0.25) is 0 Å². The molecule has 0 amide bonds. The summed E-state index contributed by atoms with van der Waals surface area (Å²) in [6.45, 7) is 5.03. The van der Waals surface area contributed by atoms with Crippen LogP contribution < -0.4 is 10.8 Å². The Morgan fingerprint density at radius 3 is 2.50 bits per heavy atom. The van der Waals surface area contributed by atoms with Crippen LogP contribution in [0.25, 0.3) is 0 Å². The van der Waals surface area contributed by atoms with Crippen LogP contribution in [-0.2, 0) is 0 Å². The number of benzene rings is 1. The van der Waals surface area contributed by atoms with Crippen LogP contribution in [0.15, 0.2) is 24.3 Å². The summed E-state index contributed by atoms with van der Waals surface area (Å²) in [4.78, 5) is 0. The van der Waals surface area contributed by atoms with Gasteiger partial charge in [-0.3, -0.25) is 0 Å². The van der Waals surface area contributed by atoms with E-state index in [9.17, 15) is 0 Å². The Kier molecular flexibility index (Phi) is 3.98. The lowest BCUT2D eigenvalue weighted by atomic mass is 9.79. The van der Waals surface area contributed by atoms with Gasteiger partial charge in [-0.05, 0) is 12.0 Å². The molecule has 0 saturated heterocycles. The fraction of sp³-hybridized carbons (Fsp3) is 0.400. The van der Waals surface area contributed by atoms with Crippen molar-refractivity contribution in [1.29, 1.82) is 0 Å². The lowest BCUT2D eigenvalue weighted by Crippen LogP contribution is -2.32. The molecule has 1 aromatic carbocycles. The summed E-state index contributed by atoms with van der Waals surface area (Å²) in [6.07, 6.45) is 0. The predicted octanol–water partition coefficient (Wildman–Crippen LogP) is 0.434. The molecule has 0 radical (unpaired) electrons. The molecular formula is C10H16BNO2. The van der Waals surface area contributed by atoms with Gasteiger partial charge in [0.25, 0.3) is 0 Å². The molecule has 0 heterocycles. The molecule has 0 unspecified atom stereocenters. The minimum absolute atomic E-state index is 0.521. The third-order valence-corrected chi connectivity index (χ3v) is 1.94. The lowest BCUT2D eigenvalue weighted by molar-refractivity contribution is 0.426. The molecule has 76 valence electrons. The van der Waals surface area contributed by atoms with Crippen LogP contribution in [0.2, 0.25) is 0 Å². The van der Waals surface area contributed by atoms with Crippen LogP contribution in [0.1, 0.15) is 13.8 Å². The molecule has 0 bridgehead atoms. The molecule has 0 aliphatic rings. The molecule has 3 nitrogen and oxygen atoms in total. The molecule has 0 fully saturated rings. The maximum absolute atomic E-state index is 9.09. The summed E-state index contributed by atoms with van der Waals surface area (Å²) in [5, 5.41) is 21.3. The number of hydrogen-bond donors (Lipinski definition) is 3. The Bertz CT molecular complexity index is 289. The van der Waals surface area contributed by atoms with Crippen LogP contribution in [-0.4, -0.2) is 23.7 Å². The molecule has 3 N–H and O–H groups in total. The van der Waals surface area contributed by atoms with E-state index in [-0.39, 0.29) is 0 Å². The van der Waals surface area contributed by atoms with Crippen LogP contribution in [0, 0.1) is 5.92 Å². The van der Waals surface area contributed by atoms with E-state index in [1.165, 1.54) is 0 Å². The van der Waals surface area contributed by atoms with E-state index in [1.54, 1.807) is 12.1 Å². The van der Waals surface area contributed by atoms with Crippen molar-refractivity contribution in [3.05, 3.63) is 24.3 Å². The molecule has 0 spiro atoms. The zero-order valence-electron chi connectivity index (χ0n) is 8.57. The second kappa shape index (κ2) is 5.03. The fourth-order valence-corrected chi connectivity index (χ4v) is 1.20. The van der Waals surface area contributed by atoms with Gasteiger partial charge in [0, 0.05) is 17.7 Å². The third-order valence-electron chi connectivity index (χ3n) is 1.94. The van der Waals surface area contributed by atoms with E-state index in [1.807, 2.05) is 12.1 Å². The number of anilines is 1. The largest absolute Gasteiger partial charge is 0.490 e. The lowest BCUT2D eigenvalue weighted by Gasteiger charge is -2.12. The Morgan fingerprint density at radius 2 is 1.93 bits per heavy atom. The molecule has 4 heteroatoms. The van der Waals surface area contributed by atoms with Crippen molar-refractivity contribution in [1.82, 2.24) is 0 Å². The molecule has 0 aliphatic carbocycles. The Hall–Kier alpha value is -0.995. The van der Waals surface area contributed by atoms with E-state index >= 15 is 0 Å². The van der Waals surface area contributed by atoms with Gasteiger partial charge < -0.3 is 15.4 Å². The van der Waals surface area contributed by atoms with Crippen LogP contribution >= 0.6 is 0 Å². The van der Waals surface area contributed by atoms with Gasteiger partial charge in [-0.2, -0.15) is 0 Å². The van der Waals surface area contributed by atoms with Crippen LogP contribution in [0.3, 0.4) is 0 Å². The van der Waals surface area contributed by atoms with Gasteiger partial charge in [0.05, 0.1) is 0 Å². The monoisotopic (exact) mass is 193 g/mol. The summed E-state index contributed by atoms with van der Waals surface area (Å²) >= 11 is 0. The second-order valence-corrected chi connectivity index (χ2v) is 3.74. The molecule has 0 aliphatic heterocycles. The highest BCUT2D eigenvalue weighted by molar-refractivity contribution is 6.60. The highest BCUT2D eigenvalue weighted by Crippen LogP contribution is 2.04. The SMILES string of the molecule is CC(C)CNc1ccccc1B(O)O. The Morgan fingerprint density at radius 1 is 1.29 bits per heavy atom. The summed E-state index contributed by atoms with van der Waals surface area (Å²) in [5.74, 6) is 0.527. The van der Waals surface area contributed by atoms with Crippen molar-refractivity contribution in [3.8, 4) is 0 Å². The van der Waals surface area contributed by atoms with Crippen molar-refractivity contribution in [2.45, 2.75) is 13.8 Å². The van der Waals surface area contributed by atoms with Gasteiger partial charge in [-0.15, -0.1) is 0 Å². The van der Waals surface area contributed by atoms with E-state index < -0.39 is 7.12 Å². The van der Waals surface area contributed by atoms with Crippen molar-refractivity contribution in [2.24, 2.45) is 5.92 Å². The first kappa shape index (κ1) is 11.1. The minimum Gasteiger partial charge on any atom is -0.423 e. The van der Waals surface area contributed by atoms with E-state index in [0.717, 1.165) is 12.2 Å². The molecule has 0 saturated carbocycles. The van der Waals surface area contributed by atoms with Crippen LogP contribution in [0.4, 0.5) is 5.69 Å². The highest BCUT2D eigenvalue weighted by atomic mass is 16.4. The fourth-order valence-electron chi connectivity index (χ4n) is 1.20. The number of hydrogen-bond acceptors (Lipinski definition) is 3. The van der Waals surface area contributed by atoms with E-state index in [4.69, 9.17) is 10.0 Å². The quantitative estimate of drug-likeness (QED) is 0.608. The summed E-state index contributed by atoms with van der Waals surface area (Å²) in [5.41, 5.74) is 1.31. The molecule has 0 aromatic heterocycles. The minimum atomic E-state index is -1.41. The van der Waals surface area contributed by atoms with E-state index in [0.29, 0.717) is 11.4 Å². The Labute approximate surface area is 84.9 Å². The molecule has 0 atom stereocenters. The molecule has 1 rings (SSSR count). The van der Waals surface area contributed by atoms with Gasteiger partial charge in [0.1, 0.15) is 0 Å². The topological polar surface area (TPSA) is 52.5 Å². The summed E-state index contributed by atoms with van der Waals surface area (Å²) in [7, 11) is -1.41. The van der Waals surface area contributed by atoms with Crippen LogP contribution in [0.5, 0.6) is 0 Å². The second-order valence-electron chi connectivity index (χ2n) is 3.74. The smallest absolute Gasteiger partial charge is 0.423 e. The molecular weight excluding hydrogens is 177 g/mol. The molecule has 14 heavy (non-hydrogen) atoms. The summed E-state index contributed by atoms with van der Waals surface area (Å²) in [6, 6.07) is 7.20. The zero-order valence-corrected chi connectivity index (χ0v) is 8.57. The predicted molar refractivity (Wildman–Crippen MR) is 59.6 cm³/mol. The maximum atomic E-state index is 9.09. The first-order valence-corrected chi connectivity index (χ1v) is 4.80. The maximum Gasteiger partial charge on any atom is 0.490 e. The van der Waals surface area contributed by atoms with E-state index in [2.05, 4.69) is 19.2 Å².